The molecule has 0 saturated carbocycles. The van der Waals surface area contributed by atoms with Crippen LogP contribution in [0.2, 0.25) is 0 Å². The maximum Gasteiger partial charge on any atom is 0.0726 e. The van der Waals surface area contributed by atoms with Gasteiger partial charge in [-0.25, -0.2) is 0 Å². The van der Waals surface area contributed by atoms with Crippen LogP contribution in [-0.4, -0.2) is 0 Å². The van der Waals surface area contributed by atoms with Gasteiger partial charge in [-0.1, -0.05) is 185 Å². The Morgan fingerprint density at radius 2 is 0.898 bits per heavy atom. The van der Waals surface area contributed by atoms with E-state index >= 15 is 0 Å². The van der Waals surface area contributed by atoms with Crippen LogP contribution in [0.15, 0.2) is 213 Å². The molecule has 59 heavy (non-hydrogen) atoms. The highest BCUT2D eigenvalue weighted by Crippen LogP contribution is 2.63. The summed E-state index contributed by atoms with van der Waals surface area (Å²) in [6.07, 6.45) is 5.82. The first-order valence-electron chi connectivity index (χ1n) is 20.6. The maximum absolute atomic E-state index is 4.23. The average Bonchev–Trinajstić information content (AvgIpc) is 3.84. The van der Waals surface area contributed by atoms with Crippen LogP contribution in [0, 0.1) is 0 Å². The summed E-state index contributed by atoms with van der Waals surface area (Å²) in [6, 6.07) is 67.9. The SMILES string of the molecule is C=C/C=C(\C=C)c1cc(-c2ccccc2)cc(N(c2ccc3c(c2)C(C)(C)c2ccccc2-3)c2ccc3c(c2)C2(c4ccccc4-c4ccccc42)c2ccccc2-3)c1. The Balaban J connectivity index is 1.21. The molecule has 11 rings (SSSR count). The fourth-order valence-corrected chi connectivity index (χ4v) is 10.6. The molecule has 280 valence electrons. The van der Waals surface area contributed by atoms with E-state index in [1.54, 1.807) is 0 Å². The first kappa shape index (κ1) is 35.0. The molecule has 0 fully saturated rings. The molecule has 0 heterocycles. The smallest absolute Gasteiger partial charge is 0.0726 e. The lowest BCUT2D eigenvalue weighted by atomic mass is 9.70. The van der Waals surface area contributed by atoms with Crippen molar-refractivity contribution in [3.63, 3.8) is 0 Å². The lowest BCUT2D eigenvalue weighted by Gasteiger charge is -2.33. The average molecular weight is 754 g/mol. The minimum Gasteiger partial charge on any atom is -0.310 e. The summed E-state index contributed by atoms with van der Waals surface area (Å²) in [7, 11) is 0. The number of nitrogens with zero attached hydrogens (tertiary/aromatic N) is 1. The van der Waals surface area contributed by atoms with Crippen molar-refractivity contribution in [1.29, 1.82) is 0 Å². The van der Waals surface area contributed by atoms with Crippen molar-refractivity contribution >= 4 is 22.6 Å². The largest absolute Gasteiger partial charge is 0.310 e. The lowest BCUT2D eigenvalue weighted by Crippen LogP contribution is -2.26. The van der Waals surface area contributed by atoms with Gasteiger partial charge in [0.2, 0.25) is 0 Å². The van der Waals surface area contributed by atoms with E-state index in [1.807, 2.05) is 18.2 Å². The molecule has 0 atom stereocenters. The monoisotopic (exact) mass is 753 g/mol. The second kappa shape index (κ2) is 13.2. The van der Waals surface area contributed by atoms with Crippen molar-refractivity contribution in [2.24, 2.45) is 0 Å². The normalized spacial score (nSPS) is 14.4. The third-order valence-electron chi connectivity index (χ3n) is 13.2. The molecule has 0 saturated heterocycles. The molecule has 0 radical (unpaired) electrons. The molecule has 1 spiro atoms. The third kappa shape index (κ3) is 4.98. The standard InChI is InChI=1S/C58H43N/c1-5-18-38(6-2)40-33-41(39-19-8-7-9-20-39)35-44(34-40)59(42-29-31-49-45-21-10-14-25-51(45)57(3,4)55(49)36-42)43-30-32-50-48-24-13-17-28-54(48)58(56(50)37-43)52-26-15-11-22-46(52)47-23-12-16-27-53(47)58/h5-37H,1-2H2,3-4H3/b38-18+. The summed E-state index contributed by atoms with van der Waals surface area (Å²) < 4.78 is 0. The first-order chi connectivity index (χ1) is 28.9. The molecule has 0 bridgehead atoms. The van der Waals surface area contributed by atoms with Gasteiger partial charge in [-0.15, -0.1) is 0 Å². The van der Waals surface area contributed by atoms with E-state index < -0.39 is 5.41 Å². The summed E-state index contributed by atoms with van der Waals surface area (Å²) in [5.41, 5.74) is 22.9. The third-order valence-corrected chi connectivity index (χ3v) is 13.2. The van der Waals surface area contributed by atoms with Gasteiger partial charge in [0.25, 0.3) is 0 Å². The van der Waals surface area contributed by atoms with Crippen molar-refractivity contribution in [2.45, 2.75) is 24.7 Å². The molecule has 8 aromatic rings. The van der Waals surface area contributed by atoms with Crippen LogP contribution in [0.5, 0.6) is 0 Å². The minimum atomic E-state index is -0.456. The fourth-order valence-electron chi connectivity index (χ4n) is 10.6. The van der Waals surface area contributed by atoms with Gasteiger partial charge in [-0.05, 0) is 131 Å². The van der Waals surface area contributed by atoms with Crippen LogP contribution in [0.3, 0.4) is 0 Å². The molecule has 0 aromatic heterocycles. The summed E-state index contributed by atoms with van der Waals surface area (Å²) in [4.78, 5) is 2.48. The van der Waals surface area contributed by atoms with Gasteiger partial charge < -0.3 is 4.90 Å². The van der Waals surface area contributed by atoms with Gasteiger partial charge in [0, 0.05) is 22.5 Å². The van der Waals surface area contributed by atoms with E-state index in [0.29, 0.717) is 0 Å². The zero-order valence-electron chi connectivity index (χ0n) is 33.4. The molecular weight excluding hydrogens is 711 g/mol. The zero-order valence-corrected chi connectivity index (χ0v) is 33.4. The summed E-state index contributed by atoms with van der Waals surface area (Å²) in [5.74, 6) is 0. The Morgan fingerprint density at radius 3 is 1.46 bits per heavy atom. The van der Waals surface area contributed by atoms with Crippen LogP contribution in [0.1, 0.15) is 52.8 Å². The number of fused-ring (bicyclic) bond motifs is 13. The topological polar surface area (TPSA) is 3.24 Å². The van der Waals surface area contributed by atoms with Gasteiger partial charge in [0.15, 0.2) is 0 Å². The van der Waals surface area contributed by atoms with Gasteiger partial charge >= 0.3 is 0 Å². The number of rotatable bonds is 7. The molecule has 0 unspecified atom stereocenters. The quantitative estimate of drug-likeness (QED) is 0.147. The molecule has 3 aliphatic carbocycles. The number of benzene rings is 8. The van der Waals surface area contributed by atoms with Crippen molar-refractivity contribution in [3.8, 4) is 44.5 Å². The summed E-state index contributed by atoms with van der Waals surface area (Å²) in [5, 5.41) is 0. The highest BCUT2D eigenvalue weighted by atomic mass is 15.1. The molecule has 8 aromatic carbocycles. The first-order valence-corrected chi connectivity index (χ1v) is 20.6. The lowest BCUT2D eigenvalue weighted by molar-refractivity contribution is 0.660. The van der Waals surface area contributed by atoms with Crippen LogP contribution >= 0.6 is 0 Å². The number of hydrogen-bond acceptors (Lipinski definition) is 1. The van der Waals surface area contributed by atoms with Crippen LogP contribution in [0.4, 0.5) is 17.1 Å². The number of allylic oxidation sites excluding steroid dienone is 4. The van der Waals surface area contributed by atoms with E-state index in [-0.39, 0.29) is 5.41 Å². The number of hydrogen-bond donors (Lipinski definition) is 0. The van der Waals surface area contributed by atoms with E-state index in [2.05, 4.69) is 214 Å². The van der Waals surface area contributed by atoms with Gasteiger partial charge in [-0.2, -0.15) is 0 Å². The molecule has 0 aliphatic heterocycles. The van der Waals surface area contributed by atoms with Crippen molar-refractivity contribution in [1.82, 2.24) is 0 Å². The predicted molar refractivity (Wildman–Crippen MR) is 249 cm³/mol. The van der Waals surface area contributed by atoms with Crippen LogP contribution in [0.25, 0.3) is 50.1 Å². The second-order valence-electron chi connectivity index (χ2n) is 16.5. The highest BCUT2D eigenvalue weighted by Gasteiger charge is 2.51. The second-order valence-corrected chi connectivity index (χ2v) is 16.5. The molecule has 1 heteroatoms. The van der Waals surface area contributed by atoms with Gasteiger partial charge in [0.1, 0.15) is 0 Å². The van der Waals surface area contributed by atoms with Crippen LogP contribution < -0.4 is 4.90 Å². The number of anilines is 3. The summed E-state index contributed by atoms with van der Waals surface area (Å²) in [6.45, 7) is 13.0. The molecule has 0 N–H and O–H groups in total. The maximum atomic E-state index is 4.23. The molecule has 3 aliphatic rings. The van der Waals surface area contributed by atoms with Crippen molar-refractivity contribution < 1.29 is 0 Å². The Hall–Kier alpha value is -7.22. The van der Waals surface area contributed by atoms with E-state index in [9.17, 15) is 0 Å². The molecule has 0 amide bonds. The van der Waals surface area contributed by atoms with E-state index in [1.165, 1.54) is 66.8 Å². The fraction of sp³-hybridized carbons (Fsp3) is 0.0690. The summed E-state index contributed by atoms with van der Waals surface area (Å²) >= 11 is 0. The molecule has 1 nitrogen and oxygen atoms in total. The van der Waals surface area contributed by atoms with Gasteiger partial charge in [-0.3, -0.25) is 0 Å². The van der Waals surface area contributed by atoms with E-state index in [0.717, 1.165) is 39.3 Å². The predicted octanol–water partition coefficient (Wildman–Crippen LogP) is 15.2. The van der Waals surface area contributed by atoms with Gasteiger partial charge in [0.05, 0.1) is 5.41 Å². The minimum absolute atomic E-state index is 0.158. The van der Waals surface area contributed by atoms with Crippen molar-refractivity contribution in [3.05, 3.63) is 252 Å². The molecular formula is C58H43N. The zero-order chi connectivity index (χ0) is 39.9. The Kier molecular flexibility index (Phi) is 7.80. The Bertz CT molecular complexity index is 3000. The van der Waals surface area contributed by atoms with Crippen LogP contribution in [-0.2, 0) is 10.8 Å². The van der Waals surface area contributed by atoms with E-state index in [4.69, 9.17) is 0 Å². The highest BCUT2D eigenvalue weighted by molar-refractivity contribution is 5.97. The van der Waals surface area contributed by atoms with Crippen molar-refractivity contribution in [2.75, 3.05) is 4.90 Å². The Labute approximate surface area is 347 Å². The Morgan fingerprint density at radius 1 is 0.424 bits per heavy atom.